The van der Waals surface area contributed by atoms with E-state index in [9.17, 15) is 0 Å². The summed E-state index contributed by atoms with van der Waals surface area (Å²) in [5, 5.41) is 16.0. The van der Waals surface area contributed by atoms with E-state index >= 15 is 0 Å². The highest BCUT2D eigenvalue weighted by Crippen LogP contribution is 2.32. The van der Waals surface area contributed by atoms with E-state index in [1.165, 1.54) is 25.1 Å². The number of ether oxygens (including phenoxy) is 1. The van der Waals surface area contributed by atoms with Crippen LogP contribution in [0.15, 0.2) is 166 Å². The summed E-state index contributed by atoms with van der Waals surface area (Å²) >= 11 is 16.4. The van der Waals surface area contributed by atoms with Gasteiger partial charge in [-0.1, -0.05) is 113 Å². The fourth-order valence-electron chi connectivity index (χ4n) is 4.81. The maximum Gasteiger partial charge on any atom is 0.244 e. The predicted molar refractivity (Wildman–Crippen MR) is 192 cm³/mol. The number of rotatable bonds is 12. The number of hydrogen-bond acceptors (Lipinski definition) is 6. The molecule has 6 aromatic rings. The van der Waals surface area contributed by atoms with Crippen LogP contribution >= 0.6 is 46.7 Å². The summed E-state index contributed by atoms with van der Waals surface area (Å²) in [5.41, 5.74) is 3.26. The van der Waals surface area contributed by atoms with Gasteiger partial charge in [-0.3, -0.25) is 0 Å². The number of nitrogens with zero attached hydrogens (tertiary/aromatic N) is 3. The molecule has 7 nitrogen and oxygen atoms in total. The summed E-state index contributed by atoms with van der Waals surface area (Å²) in [6.45, 7) is 1.86. The van der Waals surface area contributed by atoms with E-state index in [2.05, 4.69) is 125 Å². The minimum absolute atomic E-state index is 0.256. The first-order valence-corrected chi connectivity index (χ1v) is 17.3. The molecule has 0 aliphatic carbocycles. The van der Waals surface area contributed by atoms with Gasteiger partial charge in [-0.15, -0.1) is 0 Å². The quantitative estimate of drug-likeness (QED) is 0.0712. The van der Waals surface area contributed by atoms with Crippen LogP contribution in [0.3, 0.4) is 0 Å². The largest absolute Gasteiger partial charge is 0.365 e. The molecule has 0 amide bonds. The molecule has 0 aliphatic heterocycles. The molecule has 48 heavy (non-hydrogen) atoms. The highest BCUT2D eigenvalue weighted by atomic mass is 35.5. The fraction of sp³-hybridized carbons (Fsp3) is 0.108. The zero-order valence-electron chi connectivity index (χ0n) is 25.6. The monoisotopic (exact) mass is 715 g/mol. The lowest BCUT2D eigenvalue weighted by atomic mass is 10.1. The number of hydrogen-bond donors (Lipinski definition) is 0. The van der Waals surface area contributed by atoms with E-state index in [1.54, 1.807) is 29.6 Å². The summed E-state index contributed by atoms with van der Waals surface area (Å²) in [7, 11) is 0. The molecule has 1 unspecified atom stereocenters. The molecule has 6 rings (SSSR count). The molecule has 244 valence electrons. The van der Waals surface area contributed by atoms with Gasteiger partial charge in [-0.2, -0.15) is 0 Å². The summed E-state index contributed by atoms with van der Waals surface area (Å²) in [6.07, 6.45) is 6.03. The topological polar surface area (TPSA) is 84.2 Å². The Morgan fingerprint density at radius 3 is 1.79 bits per heavy atom. The molecule has 0 aliphatic rings. The summed E-state index contributed by atoms with van der Waals surface area (Å²) in [4.78, 5) is 13.1. The van der Waals surface area contributed by atoms with Crippen molar-refractivity contribution in [3.8, 4) is 0 Å². The first-order valence-electron chi connectivity index (χ1n) is 14.9. The van der Waals surface area contributed by atoms with E-state index in [-0.39, 0.29) is 6.10 Å². The van der Waals surface area contributed by atoms with Gasteiger partial charge in [-0.05, 0) is 71.8 Å². The first-order chi connectivity index (χ1) is 23.3. The molecule has 1 atom stereocenters. The Labute approximate surface area is 297 Å². The van der Waals surface area contributed by atoms with Crippen molar-refractivity contribution in [1.29, 1.82) is 0 Å². The third kappa shape index (κ3) is 11.2. The molecule has 0 spiro atoms. The molecule has 1 aromatic heterocycles. The Morgan fingerprint density at radius 1 is 0.729 bits per heavy atom. The standard InChI is InChI=1S/C37H31Cl2N2OS2.NO3/c38-30-15-20-35(36(39)23-30)37(42-26-29-13-18-34(19-14-29)44-32-9-5-2-6-10-32)25-41-22-21-40(27-41)24-28-11-16-33(17-12-28)43-31-7-3-1-4-8-31;2-1(3)4/h1-23,27,37H,24-26H2;/q+1;-1. The highest BCUT2D eigenvalue weighted by Gasteiger charge is 2.20. The molecule has 0 bridgehead atoms. The summed E-state index contributed by atoms with van der Waals surface area (Å²) < 4.78 is 10.9. The molecule has 0 radical (unpaired) electrons. The minimum atomic E-state index is -1.75. The molecule has 1 heterocycles. The van der Waals surface area contributed by atoms with Crippen molar-refractivity contribution in [2.75, 3.05) is 0 Å². The van der Waals surface area contributed by atoms with Crippen LogP contribution in [0.5, 0.6) is 0 Å². The van der Waals surface area contributed by atoms with Crippen molar-refractivity contribution >= 4 is 46.7 Å². The molecule has 0 N–H and O–H groups in total. The maximum absolute atomic E-state index is 8.25. The molecule has 0 fully saturated rings. The van der Waals surface area contributed by atoms with Crippen molar-refractivity contribution in [3.05, 3.63) is 188 Å². The summed E-state index contributed by atoms with van der Waals surface area (Å²) in [6, 6.07) is 43.7. The van der Waals surface area contributed by atoms with Gasteiger partial charge in [0.25, 0.3) is 0 Å². The van der Waals surface area contributed by atoms with Crippen molar-refractivity contribution in [2.24, 2.45) is 0 Å². The van der Waals surface area contributed by atoms with Crippen LogP contribution in [0, 0.1) is 15.3 Å². The smallest absolute Gasteiger partial charge is 0.244 e. The Balaban J connectivity index is 0.00000107. The number of imidazole rings is 1. The Kier molecular flexibility index (Phi) is 13.0. The average molecular weight is 717 g/mol. The van der Waals surface area contributed by atoms with Gasteiger partial charge < -0.3 is 20.1 Å². The van der Waals surface area contributed by atoms with Gasteiger partial charge in [-0.25, -0.2) is 9.13 Å². The van der Waals surface area contributed by atoms with Crippen molar-refractivity contribution < 1.29 is 14.4 Å². The van der Waals surface area contributed by atoms with Gasteiger partial charge in [0.15, 0.2) is 0 Å². The van der Waals surface area contributed by atoms with Crippen molar-refractivity contribution in [1.82, 2.24) is 4.57 Å². The SMILES string of the molecule is Clc1ccc(C(Cn2cc[n+](Cc3ccc(Sc4ccccc4)cc3)c2)OCc2ccc(Sc3ccccc3)cc2)c(Cl)c1.O=[N+]([O-])[O-]. The molecular weight excluding hydrogens is 685 g/mol. The van der Waals surface area contributed by atoms with E-state index in [0.717, 1.165) is 17.7 Å². The third-order valence-electron chi connectivity index (χ3n) is 7.05. The lowest BCUT2D eigenvalue weighted by Gasteiger charge is -2.18. The van der Waals surface area contributed by atoms with Crippen LogP contribution in [-0.4, -0.2) is 9.65 Å². The molecule has 11 heteroatoms. The van der Waals surface area contributed by atoms with E-state index < -0.39 is 5.09 Å². The van der Waals surface area contributed by atoms with Crippen LogP contribution < -0.4 is 4.57 Å². The normalized spacial score (nSPS) is 11.4. The minimum Gasteiger partial charge on any atom is -0.365 e. The zero-order valence-corrected chi connectivity index (χ0v) is 28.7. The summed E-state index contributed by atoms with van der Waals surface area (Å²) in [5.74, 6) is 0. The third-order valence-corrected chi connectivity index (χ3v) is 9.65. The van der Waals surface area contributed by atoms with Gasteiger partial charge in [0, 0.05) is 35.2 Å². The van der Waals surface area contributed by atoms with E-state index in [1.807, 2.05) is 24.3 Å². The second-order valence-electron chi connectivity index (χ2n) is 10.6. The van der Waals surface area contributed by atoms with E-state index in [4.69, 9.17) is 43.3 Å². The highest BCUT2D eigenvalue weighted by molar-refractivity contribution is 7.99. The molecule has 5 aromatic carbocycles. The second-order valence-corrected chi connectivity index (χ2v) is 13.7. The van der Waals surface area contributed by atoms with Crippen LogP contribution in [0.1, 0.15) is 22.8 Å². The number of halogens is 2. The zero-order chi connectivity index (χ0) is 33.7. The molecule has 0 saturated heterocycles. The maximum atomic E-state index is 8.25. The lowest BCUT2D eigenvalue weighted by molar-refractivity contribution is -0.687. The Hall–Kier alpha value is -4.25. The van der Waals surface area contributed by atoms with E-state index in [0.29, 0.717) is 23.2 Å². The Morgan fingerprint density at radius 2 is 1.25 bits per heavy atom. The van der Waals surface area contributed by atoms with Gasteiger partial charge in [0.1, 0.15) is 31.6 Å². The van der Waals surface area contributed by atoms with Crippen molar-refractivity contribution in [2.45, 2.75) is 45.4 Å². The van der Waals surface area contributed by atoms with Crippen LogP contribution in [0.2, 0.25) is 10.0 Å². The second kappa shape index (κ2) is 17.8. The molecule has 0 saturated carbocycles. The van der Waals surface area contributed by atoms with Gasteiger partial charge in [0.2, 0.25) is 6.33 Å². The van der Waals surface area contributed by atoms with Crippen molar-refractivity contribution in [3.63, 3.8) is 0 Å². The van der Waals surface area contributed by atoms with Gasteiger partial charge >= 0.3 is 0 Å². The van der Waals surface area contributed by atoms with Crippen LogP contribution in [0.25, 0.3) is 0 Å². The predicted octanol–water partition coefficient (Wildman–Crippen LogP) is 10.2. The average Bonchev–Trinajstić information content (AvgIpc) is 3.52. The van der Waals surface area contributed by atoms with Crippen LogP contribution in [0.4, 0.5) is 0 Å². The fourth-order valence-corrected chi connectivity index (χ4v) is 7.01. The lowest BCUT2D eigenvalue weighted by Crippen LogP contribution is -2.31. The van der Waals surface area contributed by atoms with Gasteiger partial charge in [0.05, 0.1) is 11.7 Å². The number of aromatic nitrogens is 2. The number of benzene rings is 5. The molecular formula is C37H31Cl2N3O4S2. The Bertz CT molecular complexity index is 1890. The first kappa shape index (κ1) is 35.1. The van der Waals surface area contributed by atoms with Crippen LogP contribution in [-0.2, 0) is 24.4 Å².